The van der Waals surface area contributed by atoms with Gasteiger partial charge in [0.15, 0.2) is 5.65 Å². The number of hydrogen-bond donors (Lipinski definition) is 2. The monoisotopic (exact) mass is 216 g/mol. The van der Waals surface area contributed by atoms with E-state index in [1.54, 1.807) is 6.33 Å². The summed E-state index contributed by atoms with van der Waals surface area (Å²) >= 11 is 0. The molecule has 0 spiro atoms. The summed E-state index contributed by atoms with van der Waals surface area (Å²) < 4.78 is 0. The lowest BCUT2D eigenvalue weighted by Crippen LogP contribution is -2.32. The number of imidazole rings is 1. The maximum atomic E-state index is 11.4. The summed E-state index contributed by atoms with van der Waals surface area (Å²) in [5.74, 6) is 0.299. The number of pyridine rings is 1. The zero-order valence-corrected chi connectivity index (χ0v) is 8.73. The molecule has 2 aromatic heterocycles. The van der Waals surface area contributed by atoms with Gasteiger partial charge in [-0.3, -0.25) is 4.79 Å². The summed E-state index contributed by atoms with van der Waals surface area (Å²) in [6.07, 6.45) is 2.78. The number of aromatic amines is 1. The molecular weight excluding hydrogens is 204 g/mol. The van der Waals surface area contributed by atoms with Crippen LogP contribution in [0, 0.1) is 0 Å². The van der Waals surface area contributed by atoms with Gasteiger partial charge in [-0.1, -0.05) is 0 Å². The first-order valence-electron chi connectivity index (χ1n) is 5.38. The highest BCUT2D eigenvalue weighted by Crippen LogP contribution is 2.20. The number of fused-ring (bicyclic) bond motifs is 1. The summed E-state index contributed by atoms with van der Waals surface area (Å²) in [4.78, 5) is 22.9. The SMILES string of the molecule is O=C1CCNC(c2ccc3[nH]cnc3n2)C1. The van der Waals surface area contributed by atoms with Crippen LogP contribution in [0.3, 0.4) is 0 Å². The molecule has 16 heavy (non-hydrogen) atoms. The summed E-state index contributed by atoms with van der Waals surface area (Å²) in [5.41, 5.74) is 2.52. The number of aromatic nitrogens is 3. The van der Waals surface area contributed by atoms with Crippen LogP contribution in [0.15, 0.2) is 18.5 Å². The minimum Gasteiger partial charge on any atom is -0.343 e. The molecule has 5 nitrogen and oxygen atoms in total. The Morgan fingerprint density at radius 1 is 1.38 bits per heavy atom. The number of Topliss-reactive ketones (excluding diaryl/α,β-unsaturated/α-hetero) is 1. The lowest BCUT2D eigenvalue weighted by molar-refractivity contribution is -0.120. The van der Waals surface area contributed by atoms with Crippen LogP contribution >= 0.6 is 0 Å². The molecule has 1 fully saturated rings. The quantitative estimate of drug-likeness (QED) is 0.744. The third-order valence-electron chi connectivity index (χ3n) is 2.89. The second-order valence-corrected chi connectivity index (χ2v) is 4.01. The summed E-state index contributed by atoms with van der Waals surface area (Å²) in [6.45, 7) is 0.740. The van der Waals surface area contributed by atoms with E-state index >= 15 is 0 Å². The van der Waals surface area contributed by atoms with Crippen molar-refractivity contribution in [2.24, 2.45) is 0 Å². The fourth-order valence-corrected chi connectivity index (χ4v) is 2.03. The first-order chi connectivity index (χ1) is 7.83. The van der Waals surface area contributed by atoms with Crippen molar-refractivity contribution in [3.05, 3.63) is 24.2 Å². The molecule has 0 aromatic carbocycles. The Hall–Kier alpha value is -1.75. The van der Waals surface area contributed by atoms with Crippen LogP contribution in [0.5, 0.6) is 0 Å². The number of carbonyl (C=O) groups is 1. The number of nitrogens with zero attached hydrogens (tertiary/aromatic N) is 2. The van der Waals surface area contributed by atoms with Crippen LogP contribution in [0.2, 0.25) is 0 Å². The van der Waals surface area contributed by atoms with Gasteiger partial charge in [0.1, 0.15) is 5.78 Å². The van der Waals surface area contributed by atoms with Crippen molar-refractivity contribution in [3.8, 4) is 0 Å². The minimum atomic E-state index is 0.0438. The van der Waals surface area contributed by atoms with E-state index in [0.717, 1.165) is 17.8 Å². The van der Waals surface area contributed by atoms with Gasteiger partial charge in [-0.25, -0.2) is 9.97 Å². The van der Waals surface area contributed by atoms with Crippen LogP contribution in [-0.4, -0.2) is 27.3 Å². The van der Waals surface area contributed by atoms with E-state index in [1.165, 1.54) is 0 Å². The fraction of sp³-hybridized carbons (Fsp3) is 0.364. The van der Waals surface area contributed by atoms with E-state index in [9.17, 15) is 4.79 Å². The largest absolute Gasteiger partial charge is 0.343 e. The molecule has 3 heterocycles. The van der Waals surface area contributed by atoms with Gasteiger partial charge in [-0.05, 0) is 12.1 Å². The average molecular weight is 216 g/mol. The van der Waals surface area contributed by atoms with Crippen molar-refractivity contribution in [3.63, 3.8) is 0 Å². The molecule has 0 amide bonds. The summed E-state index contributed by atoms with van der Waals surface area (Å²) in [6, 6.07) is 3.93. The number of nitrogens with one attached hydrogen (secondary N) is 2. The number of H-pyrrole nitrogens is 1. The molecule has 0 radical (unpaired) electrons. The van der Waals surface area contributed by atoms with Crippen LogP contribution in [0.1, 0.15) is 24.6 Å². The molecule has 5 heteroatoms. The topological polar surface area (TPSA) is 70.7 Å². The zero-order chi connectivity index (χ0) is 11.0. The first kappa shape index (κ1) is 9.47. The maximum absolute atomic E-state index is 11.4. The molecule has 2 N–H and O–H groups in total. The lowest BCUT2D eigenvalue weighted by atomic mass is 10.0. The second-order valence-electron chi connectivity index (χ2n) is 4.01. The average Bonchev–Trinajstić information content (AvgIpc) is 2.75. The molecule has 0 saturated carbocycles. The number of ketones is 1. The van der Waals surface area contributed by atoms with E-state index in [1.807, 2.05) is 12.1 Å². The lowest BCUT2D eigenvalue weighted by Gasteiger charge is -2.21. The Morgan fingerprint density at radius 2 is 2.31 bits per heavy atom. The smallest absolute Gasteiger partial charge is 0.177 e. The van der Waals surface area contributed by atoms with Gasteiger partial charge < -0.3 is 10.3 Å². The minimum absolute atomic E-state index is 0.0438. The Balaban J connectivity index is 1.95. The van der Waals surface area contributed by atoms with Crippen molar-refractivity contribution >= 4 is 16.9 Å². The van der Waals surface area contributed by atoms with Crippen molar-refractivity contribution in [2.45, 2.75) is 18.9 Å². The maximum Gasteiger partial charge on any atom is 0.177 e. The molecule has 1 atom stereocenters. The highest BCUT2D eigenvalue weighted by Gasteiger charge is 2.21. The standard InChI is InChI=1S/C11H12N4O/c16-7-3-4-12-10(5-7)8-1-2-9-11(15-8)14-6-13-9/h1-2,6,10,12H,3-5H2,(H,13,14,15). The van der Waals surface area contributed by atoms with E-state index < -0.39 is 0 Å². The molecule has 0 aliphatic carbocycles. The van der Waals surface area contributed by atoms with E-state index in [4.69, 9.17) is 0 Å². The van der Waals surface area contributed by atoms with Crippen molar-refractivity contribution in [2.75, 3.05) is 6.54 Å². The fourth-order valence-electron chi connectivity index (χ4n) is 2.03. The summed E-state index contributed by atoms with van der Waals surface area (Å²) in [7, 11) is 0. The van der Waals surface area contributed by atoms with Gasteiger partial charge in [0.05, 0.1) is 23.6 Å². The van der Waals surface area contributed by atoms with Gasteiger partial charge >= 0.3 is 0 Å². The van der Waals surface area contributed by atoms with E-state index in [2.05, 4.69) is 20.3 Å². The molecule has 3 rings (SSSR count). The number of piperidine rings is 1. The van der Waals surface area contributed by atoms with Gasteiger partial charge in [0.25, 0.3) is 0 Å². The highest BCUT2D eigenvalue weighted by molar-refractivity contribution is 5.80. The molecule has 2 aromatic rings. The third-order valence-corrected chi connectivity index (χ3v) is 2.89. The predicted molar refractivity (Wildman–Crippen MR) is 58.9 cm³/mol. The van der Waals surface area contributed by atoms with Crippen molar-refractivity contribution in [1.82, 2.24) is 20.3 Å². The predicted octanol–water partition coefficient (Wildman–Crippen LogP) is 0.952. The molecule has 0 bridgehead atoms. The molecule has 82 valence electrons. The number of carbonyl (C=O) groups excluding carboxylic acids is 1. The van der Waals surface area contributed by atoms with Gasteiger partial charge in [0, 0.05) is 19.4 Å². The van der Waals surface area contributed by atoms with Crippen LogP contribution in [0.25, 0.3) is 11.2 Å². The molecule has 1 aliphatic heterocycles. The Morgan fingerprint density at radius 3 is 3.19 bits per heavy atom. The van der Waals surface area contributed by atoms with Crippen LogP contribution < -0.4 is 5.32 Å². The van der Waals surface area contributed by atoms with Crippen molar-refractivity contribution < 1.29 is 4.79 Å². The first-order valence-corrected chi connectivity index (χ1v) is 5.38. The van der Waals surface area contributed by atoms with Crippen molar-refractivity contribution in [1.29, 1.82) is 0 Å². The van der Waals surface area contributed by atoms with E-state index in [-0.39, 0.29) is 6.04 Å². The Bertz CT molecular complexity index is 534. The zero-order valence-electron chi connectivity index (χ0n) is 8.73. The third kappa shape index (κ3) is 1.59. The Labute approximate surface area is 92.3 Å². The summed E-state index contributed by atoms with van der Waals surface area (Å²) in [5, 5.41) is 3.30. The molecular formula is C11H12N4O. The van der Waals surface area contributed by atoms with Crippen LogP contribution in [-0.2, 0) is 4.79 Å². The Kier molecular flexibility index (Phi) is 2.18. The second kappa shape index (κ2) is 3.68. The normalized spacial score (nSPS) is 21.5. The van der Waals surface area contributed by atoms with Gasteiger partial charge in [-0.15, -0.1) is 0 Å². The molecule has 1 saturated heterocycles. The van der Waals surface area contributed by atoms with Crippen LogP contribution in [0.4, 0.5) is 0 Å². The van der Waals surface area contributed by atoms with Gasteiger partial charge in [-0.2, -0.15) is 0 Å². The van der Waals surface area contributed by atoms with Gasteiger partial charge in [0.2, 0.25) is 0 Å². The molecule has 1 unspecified atom stereocenters. The highest BCUT2D eigenvalue weighted by atomic mass is 16.1. The number of hydrogen-bond acceptors (Lipinski definition) is 4. The number of rotatable bonds is 1. The van der Waals surface area contributed by atoms with E-state index in [0.29, 0.717) is 24.3 Å². The molecule has 1 aliphatic rings.